The molecule has 0 aliphatic carbocycles. The van der Waals surface area contributed by atoms with E-state index in [0.717, 1.165) is 24.4 Å². The lowest BCUT2D eigenvalue weighted by molar-refractivity contribution is 0.254. The highest BCUT2D eigenvalue weighted by Gasteiger charge is 2.46. The molecule has 5 rings (SSSR count). The van der Waals surface area contributed by atoms with Crippen molar-refractivity contribution in [3.8, 4) is 0 Å². The number of hydrogen-bond acceptors (Lipinski definition) is 5. The van der Waals surface area contributed by atoms with Gasteiger partial charge in [0.1, 0.15) is 6.04 Å². The van der Waals surface area contributed by atoms with Crippen molar-refractivity contribution in [2.45, 2.75) is 51.9 Å². The van der Waals surface area contributed by atoms with Crippen LogP contribution in [0.2, 0.25) is 0 Å². The maximum Gasteiger partial charge on any atom is 0.160 e. The van der Waals surface area contributed by atoms with Gasteiger partial charge in [-0.15, -0.1) is 0 Å². The highest BCUT2D eigenvalue weighted by Crippen LogP contribution is 2.49. The normalized spacial score (nSPS) is 23.0. The van der Waals surface area contributed by atoms with Crippen molar-refractivity contribution >= 4 is 16.9 Å². The van der Waals surface area contributed by atoms with E-state index in [1.807, 2.05) is 36.4 Å². The smallest absolute Gasteiger partial charge is 0.160 e. The van der Waals surface area contributed by atoms with E-state index in [2.05, 4.69) is 70.5 Å². The van der Waals surface area contributed by atoms with E-state index >= 15 is 0 Å². The fourth-order valence-corrected chi connectivity index (χ4v) is 6.07. The van der Waals surface area contributed by atoms with Crippen LogP contribution in [0, 0.1) is 13.8 Å². The number of pyridine rings is 2. The van der Waals surface area contributed by atoms with Crippen LogP contribution >= 0.6 is 11.8 Å². The standard InChI is InChI=1S/C24H27N5S/c1-4-19-15-30-24-27-22(21-7-5-6-10-26-21)23(29(19)24)20-13-16(2)28(17(20)3)14-18-8-11-25-12-9-18/h5-13,19,22-23H,4,14-15H2,1-3H3. The monoisotopic (exact) mass is 417 g/mol. The molecule has 2 aliphatic rings. The third-order valence-electron chi connectivity index (χ3n) is 6.35. The molecule has 0 bridgehead atoms. The van der Waals surface area contributed by atoms with E-state index in [9.17, 15) is 0 Å². The van der Waals surface area contributed by atoms with Gasteiger partial charge in [-0.25, -0.2) is 0 Å². The molecule has 0 aromatic carbocycles. The summed E-state index contributed by atoms with van der Waals surface area (Å²) < 4.78 is 2.42. The molecule has 2 aliphatic heterocycles. The molecule has 3 aromatic heterocycles. The van der Waals surface area contributed by atoms with Crippen molar-refractivity contribution in [3.05, 3.63) is 83.2 Å². The van der Waals surface area contributed by atoms with E-state index < -0.39 is 0 Å². The minimum atomic E-state index is 0.0397. The summed E-state index contributed by atoms with van der Waals surface area (Å²) in [6.45, 7) is 7.61. The zero-order chi connectivity index (χ0) is 20.7. The highest BCUT2D eigenvalue weighted by atomic mass is 32.2. The summed E-state index contributed by atoms with van der Waals surface area (Å²) in [4.78, 5) is 16.6. The number of aliphatic imine (C=N–C) groups is 1. The van der Waals surface area contributed by atoms with Gasteiger partial charge in [0.05, 0.1) is 11.7 Å². The maximum atomic E-state index is 5.17. The summed E-state index contributed by atoms with van der Waals surface area (Å²) in [5, 5.41) is 1.18. The summed E-state index contributed by atoms with van der Waals surface area (Å²) in [6.07, 6.45) is 6.75. The average Bonchev–Trinajstić information content (AvgIpc) is 3.43. The van der Waals surface area contributed by atoms with Crippen LogP contribution in [0.1, 0.15) is 53.6 Å². The van der Waals surface area contributed by atoms with Gasteiger partial charge in [-0.3, -0.25) is 15.0 Å². The Kier molecular flexibility index (Phi) is 5.11. The number of aromatic nitrogens is 3. The number of rotatable bonds is 5. The van der Waals surface area contributed by atoms with Gasteiger partial charge in [0.2, 0.25) is 0 Å². The van der Waals surface area contributed by atoms with E-state index in [1.54, 1.807) is 0 Å². The molecule has 0 amide bonds. The van der Waals surface area contributed by atoms with Gasteiger partial charge in [-0.1, -0.05) is 24.8 Å². The van der Waals surface area contributed by atoms with Crippen molar-refractivity contribution in [1.29, 1.82) is 0 Å². The molecule has 1 fully saturated rings. The quantitative estimate of drug-likeness (QED) is 0.591. The Morgan fingerprint density at radius 3 is 2.67 bits per heavy atom. The Labute approximate surface area is 182 Å². The van der Waals surface area contributed by atoms with Crippen molar-refractivity contribution < 1.29 is 0 Å². The average molecular weight is 418 g/mol. The number of hydrogen-bond donors (Lipinski definition) is 0. The van der Waals surface area contributed by atoms with Crippen LogP contribution in [0.15, 0.2) is 60.0 Å². The molecule has 0 spiro atoms. The number of aryl methyl sites for hydroxylation is 1. The molecular weight excluding hydrogens is 390 g/mol. The van der Waals surface area contributed by atoms with Gasteiger partial charge in [0.25, 0.3) is 0 Å². The summed E-state index contributed by atoms with van der Waals surface area (Å²) in [5.74, 6) is 1.12. The molecule has 5 nitrogen and oxygen atoms in total. The van der Waals surface area contributed by atoms with E-state index in [1.165, 1.54) is 27.7 Å². The molecule has 6 heteroatoms. The minimum absolute atomic E-state index is 0.0397. The molecule has 30 heavy (non-hydrogen) atoms. The predicted molar refractivity (Wildman–Crippen MR) is 123 cm³/mol. The molecule has 0 radical (unpaired) electrons. The molecule has 154 valence electrons. The van der Waals surface area contributed by atoms with Crippen LogP contribution in [0.5, 0.6) is 0 Å². The third kappa shape index (κ3) is 3.23. The number of thioether (sulfide) groups is 1. The predicted octanol–water partition coefficient (Wildman–Crippen LogP) is 4.92. The molecule has 5 heterocycles. The second kappa shape index (κ2) is 7.91. The largest absolute Gasteiger partial charge is 0.344 e. The van der Waals surface area contributed by atoms with E-state index in [-0.39, 0.29) is 12.1 Å². The first-order valence-corrected chi connectivity index (χ1v) is 11.6. The summed E-state index contributed by atoms with van der Waals surface area (Å²) >= 11 is 1.90. The van der Waals surface area contributed by atoms with Crippen LogP contribution in [-0.4, -0.2) is 36.4 Å². The van der Waals surface area contributed by atoms with Gasteiger partial charge in [-0.2, -0.15) is 0 Å². The Morgan fingerprint density at radius 1 is 1.10 bits per heavy atom. The second-order valence-corrected chi connectivity index (χ2v) is 9.09. The first-order chi connectivity index (χ1) is 14.7. The van der Waals surface area contributed by atoms with E-state index in [0.29, 0.717) is 6.04 Å². The van der Waals surface area contributed by atoms with E-state index in [4.69, 9.17) is 4.99 Å². The Bertz CT molecular complexity index is 1060. The lowest BCUT2D eigenvalue weighted by Gasteiger charge is -2.32. The summed E-state index contributed by atoms with van der Waals surface area (Å²) in [5.41, 5.74) is 6.30. The van der Waals surface area contributed by atoms with Crippen LogP contribution in [0.25, 0.3) is 0 Å². The van der Waals surface area contributed by atoms with Crippen molar-refractivity contribution in [2.75, 3.05) is 5.75 Å². The number of amidine groups is 1. The van der Waals surface area contributed by atoms with Crippen molar-refractivity contribution in [1.82, 2.24) is 19.4 Å². The molecule has 1 saturated heterocycles. The fraction of sp³-hybridized carbons (Fsp3) is 0.375. The van der Waals surface area contributed by atoms with Crippen LogP contribution in [-0.2, 0) is 6.54 Å². The van der Waals surface area contributed by atoms with Crippen LogP contribution in [0.3, 0.4) is 0 Å². The van der Waals surface area contributed by atoms with Crippen LogP contribution < -0.4 is 0 Å². The van der Waals surface area contributed by atoms with Gasteiger partial charge in [0, 0.05) is 48.3 Å². The molecular formula is C24H27N5S. The second-order valence-electron chi connectivity index (χ2n) is 8.10. The maximum absolute atomic E-state index is 5.17. The highest BCUT2D eigenvalue weighted by molar-refractivity contribution is 8.14. The first kappa shape index (κ1) is 19.4. The van der Waals surface area contributed by atoms with Crippen LogP contribution in [0.4, 0.5) is 0 Å². The summed E-state index contributed by atoms with van der Waals surface area (Å²) in [7, 11) is 0. The molecule has 3 unspecified atom stereocenters. The Balaban J connectivity index is 1.57. The molecule has 0 saturated carbocycles. The van der Waals surface area contributed by atoms with Gasteiger partial charge >= 0.3 is 0 Å². The van der Waals surface area contributed by atoms with Gasteiger partial charge in [-0.05, 0) is 61.7 Å². The Hall–Kier alpha value is -2.60. The zero-order valence-electron chi connectivity index (χ0n) is 17.7. The molecule has 0 N–H and O–H groups in total. The fourth-order valence-electron chi connectivity index (χ4n) is 4.73. The topological polar surface area (TPSA) is 46.3 Å². The van der Waals surface area contributed by atoms with Crippen molar-refractivity contribution in [2.24, 2.45) is 4.99 Å². The Morgan fingerprint density at radius 2 is 1.93 bits per heavy atom. The lowest BCUT2D eigenvalue weighted by atomic mass is 9.95. The SMILES string of the molecule is CCC1CSC2=NC(c3ccccn3)C(c3cc(C)n(Cc4ccncc4)c3C)N21. The minimum Gasteiger partial charge on any atom is -0.344 e. The zero-order valence-corrected chi connectivity index (χ0v) is 18.5. The van der Waals surface area contributed by atoms with Gasteiger partial charge in [0.15, 0.2) is 5.17 Å². The summed E-state index contributed by atoms with van der Waals surface area (Å²) in [6, 6.07) is 13.5. The molecule has 3 atom stereocenters. The van der Waals surface area contributed by atoms with Gasteiger partial charge < -0.3 is 9.47 Å². The number of nitrogens with zero attached hydrogens (tertiary/aromatic N) is 5. The third-order valence-corrected chi connectivity index (χ3v) is 7.48. The lowest BCUT2D eigenvalue weighted by Crippen LogP contribution is -2.35. The van der Waals surface area contributed by atoms with Crippen molar-refractivity contribution in [3.63, 3.8) is 0 Å². The molecule has 3 aromatic rings. The first-order valence-electron chi connectivity index (χ1n) is 10.6. The number of fused-ring (bicyclic) bond motifs is 1.